The largest absolute Gasteiger partial charge is 0.319 e. The molecular formula is C16H35N3. The molecule has 0 aromatic carbocycles. The van der Waals surface area contributed by atoms with Crippen LogP contribution >= 0.6 is 0 Å². The van der Waals surface area contributed by atoms with Gasteiger partial charge in [-0.1, -0.05) is 27.2 Å². The van der Waals surface area contributed by atoms with Crippen molar-refractivity contribution in [2.45, 2.75) is 52.5 Å². The van der Waals surface area contributed by atoms with Gasteiger partial charge in [0.2, 0.25) is 0 Å². The van der Waals surface area contributed by atoms with E-state index in [1.807, 2.05) is 0 Å². The van der Waals surface area contributed by atoms with Gasteiger partial charge in [0.25, 0.3) is 0 Å². The van der Waals surface area contributed by atoms with Crippen LogP contribution in [0.4, 0.5) is 0 Å². The molecule has 0 amide bonds. The summed E-state index contributed by atoms with van der Waals surface area (Å²) >= 11 is 0. The first-order valence-corrected chi connectivity index (χ1v) is 8.12. The van der Waals surface area contributed by atoms with Gasteiger partial charge in [-0.3, -0.25) is 4.90 Å². The van der Waals surface area contributed by atoms with Crippen LogP contribution in [0.5, 0.6) is 0 Å². The van der Waals surface area contributed by atoms with Gasteiger partial charge in [-0.15, -0.1) is 0 Å². The Morgan fingerprint density at radius 2 is 2.00 bits per heavy atom. The highest BCUT2D eigenvalue weighted by Crippen LogP contribution is 2.26. The fourth-order valence-corrected chi connectivity index (χ4v) is 3.63. The average molecular weight is 269 g/mol. The fraction of sp³-hybridized carbons (Fsp3) is 1.00. The van der Waals surface area contributed by atoms with Gasteiger partial charge in [0, 0.05) is 25.7 Å². The summed E-state index contributed by atoms with van der Waals surface area (Å²) in [5.41, 5.74) is 0.416. The van der Waals surface area contributed by atoms with Gasteiger partial charge in [-0.2, -0.15) is 0 Å². The lowest BCUT2D eigenvalue weighted by atomic mass is 9.84. The molecule has 0 aromatic heterocycles. The zero-order valence-corrected chi connectivity index (χ0v) is 13.8. The van der Waals surface area contributed by atoms with Crippen LogP contribution in [0.2, 0.25) is 0 Å². The number of rotatable bonds is 7. The van der Waals surface area contributed by atoms with Crippen molar-refractivity contribution >= 4 is 0 Å². The van der Waals surface area contributed by atoms with Crippen molar-refractivity contribution in [3.8, 4) is 0 Å². The van der Waals surface area contributed by atoms with Gasteiger partial charge in [-0.05, 0) is 51.9 Å². The second-order valence-corrected chi connectivity index (χ2v) is 6.74. The standard InChI is InChI=1S/C16H35N3/c1-6-9-16(3,13-17-4)14-19-11-8-10-18(5)12-15(19)7-2/h15,17H,6-14H2,1-5H3. The molecule has 0 aromatic rings. The summed E-state index contributed by atoms with van der Waals surface area (Å²) in [6.45, 7) is 13.2. The third-order valence-corrected chi connectivity index (χ3v) is 4.54. The molecule has 0 spiro atoms. The Morgan fingerprint density at radius 1 is 1.26 bits per heavy atom. The Balaban J connectivity index is 2.68. The van der Waals surface area contributed by atoms with Gasteiger partial charge >= 0.3 is 0 Å². The lowest BCUT2D eigenvalue weighted by Gasteiger charge is -2.39. The zero-order valence-electron chi connectivity index (χ0n) is 13.8. The van der Waals surface area contributed by atoms with Crippen molar-refractivity contribution in [2.75, 3.05) is 46.8 Å². The summed E-state index contributed by atoms with van der Waals surface area (Å²) in [5, 5.41) is 3.40. The normalized spacial score (nSPS) is 26.1. The van der Waals surface area contributed by atoms with Crippen molar-refractivity contribution in [3.63, 3.8) is 0 Å². The van der Waals surface area contributed by atoms with Crippen molar-refractivity contribution in [1.82, 2.24) is 15.1 Å². The molecule has 1 rings (SSSR count). The summed E-state index contributed by atoms with van der Waals surface area (Å²) in [5.74, 6) is 0. The first kappa shape index (κ1) is 16.9. The molecule has 0 aliphatic carbocycles. The predicted octanol–water partition coefficient (Wildman–Crippen LogP) is 2.43. The van der Waals surface area contributed by atoms with Crippen LogP contribution in [-0.2, 0) is 0 Å². The first-order chi connectivity index (χ1) is 9.04. The van der Waals surface area contributed by atoms with E-state index in [0.29, 0.717) is 5.41 Å². The third kappa shape index (κ3) is 5.41. The van der Waals surface area contributed by atoms with E-state index in [1.54, 1.807) is 0 Å². The molecule has 0 saturated carbocycles. The van der Waals surface area contributed by atoms with E-state index in [2.05, 4.69) is 50.0 Å². The maximum Gasteiger partial charge on any atom is 0.0220 e. The molecule has 19 heavy (non-hydrogen) atoms. The number of nitrogens with zero attached hydrogens (tertiary/aromatic N) is 2. The summed E-state index contributed by atoms with van der Waals surface area (Å²) in [4.78, 5) is 5.26. The maximum atomic E-state index is 3.40. The summed E-state index contributed by atoms with van der Waals surface area (Å²) in [6.07, 6.45) is 5.18. The smallest absolute Gasteiger partial charge is 0.0220 e. The summed E-state index contributed by atoms with van der Waals surface area (Å²) in [6, 6.07) is 0.737. The molecule has 0 bridgehead atoms. The average Bonchev–Trinajstić information content (AvgIpc) is 2.51. The van der Waals surface area contributed by atoms with Gasteiger partial charge in [-0.25, -0.2) is 0 Å². The van der Waals surface area contributed by atoms with Gasteiger partial charge < -0.3 is 10.2 Å². The van der Waals surface area contributed by atoms with Gasteiger partial charge in [0.15, 0.2) is 0 Å². The minimum absolute atomic E-state index is 0.416. The lowest BCUT2D eigenvalue weighted by molar-refractivity contribution is 0.108. The highest BCUT2D eigenvalue weighted by Gasteiger charge is 2.30. The minimum atomic E-state index is 0.416. The molecule has 1 heterocycles. The van der Waals surface area contributed by atoms with E-state index in [1.165, 1.54) is 51.9 Å². The molecular weight excluding hydrogens is 234 g/mol. The van der Waals surface area contributed by atoms with E-state index in [9.17, 15) is 0 Å². The van der Waals surface area contributed by atoms with Crippen molar-refractivity contribution in [2.24, 2.45) is 5.41 Å². The Bertz CT molecular complexity index is 236. The summed E-state index contributed by atoms with van der Waals surface area (Å²) in [7, 11) is 4.35. The van der Waals surface area contributed by atoms with Crippen LogP contribution < -0.4 is 5.32 Å². The monoisotopic (exact) mass is 269 g/mol. The second kappa shape index (κ2) is 8.23. The molecule has 1 N–H and O–H groups in total. The van der Waals surface area contributed by atoms with Crippen molar-refractivity contribution < 1.29 is 0 Å². The molecule has 2 unspecified atom stereocenters. The van der Waals surface area contributed by atoms with E-state index in [4.69, 9.17) is 0 Å². The van der Waals surface area contributed by atoms with E-state index in [0.717, 1.165) is 12.6 Å². The molecule has 1 aliphatic heterocycles. The van der Waals surface area contributed by atoms with Gasteiger partial charge in [0.1, 0.15) is 0 Å². The molecule has 1 fully saturated rings. The van der Waals surface area contributed by atoms with E-state index < -0.39 is 0 Å². The first-order valence-electron chi connectivity index (χ1n) is 8.12. The number of hydrogen-bond acceptors (Lipinski definition) is 3. The van der Waals surface area contributed by atoms with Crippen molar-refractivity contribution in [1.29, 1.82) is 0 Å². The minimum Gasteiger partial charge on any atom is -0.319 e. The molecule has 0 radical (unpaired) electrons. The number of nitrogens with one attached hydrogen (secondary N) is 1. The topological polar surface area (TPSA) is 18.5 Å². The molecule has 3 heteroatoms. The predicted molar refractivity (Wildman–Crippen MR) is 84.7 cm³/mol. The second-order valence-electron chi connectivity index (χ2n) is 6.74. The molecule has 1 aliphatic rings. The van der Waals surface area contributed by atoms with Gasteiger partial charge in [0.05, 0.1) is 0 Å². The zero-order chi connectivity index (χ0) is 14.3. The third-order valence-electron chi connectivity index (χ3n) is 4.54. The highest BCUT2D eigenvalue weighted by atomic mass is 15.2. The Morgan fingerprint density at radius 3 is 2.58 bits per heavy atom. The van der Waals surface area contributed by atoms with Crippen LogP contribution in [0.3, 0.4) is 0 Å². The van der Waals surface area contributed by atoms with Crippen LogP contribution in [-0.4, -0.2) is 62.7 Å². The highest BCUT2D eigenvalue weighted by molar-refractivity contribution is 4.85. The summed E-state index contributed by atoms with van der Waals surface area (Å²) < 4.78 is 0. The molecule has 1 saturated heterocycles. The van der Waals surface area contributed by atoms with Crippen LogP contribution in [0.1, 0.15) is 46.5 Å². The Labute approximate surface area is 120 Å². The van der Waals surface area contributed by atoms with E-state index >= 15 is 0 Å². The SMILES string of the molecule is CCCC(C)(CNC)CN1CCCN(C)CC1CC. The quantitative estimate of drug-likeness (QED) is 0.766. The number of likely N-dealkylation sites (N-methyl/N-ethyl adjacent to an activating group) is 1. The van der Waals surface area contributed by atoms with Crippen LogP contribution in [0, 0.1) is 5.41 Å². The lowest BCUT2D eigenvalue weighted by Crippen LogP contribution is -2.47. The Hall–Kier alpha value is -0.120. The fourth-order valence-electron chi connectivity index (χ4n) is 3.63. The molecule has 2 atom stereocenters. The van der Waals surface area contributed by atoms with Crippen molar-refractivity contribution in [3.05, 3.63) is 0 Å². The number of hydrogen-bond donors (Lipinski definition) is 1. The van der Waals surface area contributed by atoms with Crippen LogP contribution in [0.15, 0.2) is 0 Å². The van der Waals surface area contributed by atoms with E-state index in [-0.39, 0.29) is 0 Å². The molecule has 3 nitrogen and oxygen atoms in total. The molecule has 114 valence electrons. The Kier molecular flexibility index (Phi) is 7.33. The maximum absolute atomic E-state index is 3.40. The van der Waals surface area contributed by atoms with Crippen LogP contribution in [0.25, 0.3) is 0 Å².